The smallest absolute Gasteiger partial charge is 0.346 e. The largest absolute Gasteiger partial charge is 0.464 e. The molecule has 0 amide bonds. The van der Waals surface area contributed by atoms with E-state index in [-0.39, 0.29) is 6.61 Å². The monoisotopic (exact) mass is 178 g/mol. The number of halogens is 1. The van der Waals surface area contributed by atoms with Crippen LogP contribution in [-0.4, -0.2) is 31.3 Å². The lowest BCUT2D eigenvalue weighted by Crippen LogP contribution is -2.48. The summed E-state index contributed by atoms with van der Waals surface area (Å²) in [6.45, 7) is 3.38. The third-order valence-corrected chi connectivity index (χ3v) is 1.40. The van der Waals surface area contributed by atoms with Crippen LogP contribution >= 0.6 is 0 Å². The Morgan fingerprint density at radius 3 is 2.67 bits per heavy atom. The van der Waals surface area contributed by atoms with Gasteiger partial charge in [0, 0.05) is 0 Å². The Morgan fingerprint density at radius 1 is 1.67 bits per heavy atom. The molecule has 12 heavy (non-hydrogen) atoms. The molecule has 0 aromatic carbocycles. The van der Waals surface area contributed by atoms with Gasteiger partial charge in [0.05, 0.1) is 6.61 Å². The molecular formula is C7H11FO4. The van der Waals surface area contributed by atoms with Gasteiger partial charge in [0.1, 0.15) is 0 Å². The molecule has 0 aromatic heterocycles. The first kappa shape index (κ1) is 9.41. The highest BCUT2D eigenvalue weighted by molar-refractivity contribution is 5.75. The maximum absolute atomic E-state index is 12.9. The van der Waals surface area contributed by atoms with Gasteiger partial charge < -0.3 is 14.2 Å². The van der Waals surface area contributed by atoms with Gasteiger partial charge in [0.25, 0.3) is 0 Å². The van der Waals surface area contributed by atoms with Crippen LogP contribution in [0, 0.1) is 0 Å². The molecule has 0 radical (unpaired) electrons. The van der Waals surface area contributed by atoms with Crippen molar-refractivity contribution in [2.45, 2.75) is 32.6 Å². The molecule has 1 rings (SSSR count). The predicted molar refractivity (Wildman–Crippen MR) is 36.9 cm³/mol. The Morgan fingerprint density at radius 2 is 2.25 bits per heavy atom. The van der Waals surface area contributed by atoms with Crippen molar-refractivity contribution in [3.63, 3.8) is 0 Å². The van der Waals surface area contributed by atoms with Crippen molar-refractivity contribution in [1.29, 1.82) is 0 Å². The highest BCUT2D eigenvalue weighted by Gasteiger charge is 2.40. The second kappa shape index (κ2) is 3.82. The Labute approximate surface area is 69.6 Å². The zero-order chi connectivity index (χ0) is 9.14. The number of hydrogen-bond donors (Lipinski definition) is 0. The van der Waals surface area contributed by atoms with Crippen LogP contribution in [0.4, 0.5) is 4.39 Å². The van der Waals surface area contributed by atoms with E-state index < -0.39 is 24.7 Å². The van der Waals surface area contributed by atoms with Crippen LogP contribution in [0.25, 0.3) is 0 Å². The minimum Gasteiger partial charge on any atom is -0.464 e. The fourth-order valence-electron chi connectivity index (χ4n) is 0.859. The molecule has 1 unspecified atom stereocenters. The summed E-state index contributed by atoms with van der Waals surface area (Å²) in [5.41, 5.74) is 0. The standard InChI is InChI=1S/C7H11FO4/c1-3-10-6(9)5(8)7-11-4(2)12-7/h4-5,7H,3H2,1-2H3. The number of carbonyl (C=O) groups is 1. The normalized spacial score (nSPS) is 30.6. The molecule has 0 aromatic rings. The summed E-state index contributed by atoms with van der Waals surface area (Å²) in [4.78, 5) is 10.7. The van der Waals surface area contributed by atoms with E-state index in [1.54, 1.807) is 13.8 Å². The van der Waals surface area contributed by atoms with Gasteiger partial charge in [0.2, 0.25) is 12.5 Å². The van der Waals surface area contributed by atoms with Gasteiger partial charge in [-0.15, -0.1) is 0 Å². The first-order valence-corrected chi connectivity index (χ1v) is 3.76. The molecule has 70 valence electrons. The van der Waals surface area contributed by atoms with Crippen molar-refractivity contribution in [1.82, 2.24) is 0 Å². The number of ether oxygens (including phenoxy) is 3. The molecule has 0 saturated carbocycles. The molecule has 1 aliphatic rings. The van der Waals surface area contributed by atoms with Crippen molar-refractivity contribution in [3.05, 3.63) is 0 Å². The van der Waals surface area contributed by atoms with Crippen LogP contribution in [0.3, 0.4) is 0 Å². The summed E-state index contributed by atoms with van der Waals surface area (Å²) >= 11 is 0. The third-order valence-electron chi connectivity index (χ3n) is 1.40. The lowest BCUT2D eigenvalue weighted by molar-refractivity contribution is -0.388. The first-order valence-electron chi connectivity index (χ1n) is 3.76. The maximum atomic E-state index is 12.9. The lowest BCUT2D eigenvalue weighted by Gasteiger charge is -2.34. The van der Waals surface area contributed by atoms with Gasteiger partial charge in [-0.1, -0.05) is 0 Å². The molecule has 0 aliphatic carbocycles. The summed E-state index contributed by atoms with van der Waals surface area (Å²) in [6, 6.07) is 0. The van der Waals surface area contributed by atoms with Crippen molar-refractivity contribution in [3.8, 4) is 0 Å². The van der Waals surface area contributed by atoms with Gasteiger partial charge in [0.15, 0.2) is 6.29 Å². The Balaban J connectivity index is 2.27. The topological polar surface area (TPSA) is 44.8 Å². The maximum Gasteiger partial charge on any atom is 0.346 e. The highest BCUT2D eigenvalue weighted by Crippen LogP contribution is 2.21. The molecule has 1 atom stereocenters. The van der Waals surface area contributed by atoms with Crippen molar-refractivity contribution in [2.24, 2.45) is 0 Å². The molecule has 1 heterocycles. The van der Waals surface area contributed by atoms with E-state index in [2.05, 4.69) is 4.74 Å². The van der Waals surface area contributed by atoms with Crippen molar-refractivity contribution >= 4 is 5.97 Å². The van der Waals surface area contributed by atoms with Crippen LogP contribution in [0.5, 0.6) is 0 Å². The van der Waals surface area contributed by atoms with Crippen LogP contribution in [0.2, 0.25) is 0 Å². The molecule has 1 aliphatic heterocycles. The summed E-state index contributed by atoms with van der Waals surface area (Å²) < 4.78 is 26.8. The van der Waals surface area contributed by atoms with E-state index in [0.29, 0.717) is 0 Å². The third kappa shape index (κ3) is 1.92. The van der Waals surface area contributed by atoms with Crippen LogP contribution in [-0.2, 0) is 19.0 Å². The molecule has 1 fully saturated rings. The summed E-state index contributed by atoms with van der Waals surface area (Å²) in [6.07, 6.45) is -3.34. The van der Waals surface area contributed by atoms with Gasteiger partial charge in [-0.05, 0) is 13.8 Å². The molecule has 1 saturated heterocycles. The Hall–Kier alpha value is -0.680. The van der Waals surface area contributed by atoms with Crippen LogP contribution in [0.1, 0.15) is 13.8 Å². The predicted octanol–water partition coefficient (Wildman–Crippen LogP) is 0.606. The summed E-state index contributed by atoms with van der Waals surface area (Å²) in [5, 5.41) is 0. The quantitative estimate of drug-likeness (QED) is 0.594. The number of esters is 1. The average Bonchev–Trinajstić information content (AvgIpc) is 1.98. The summed E-state index contributed by atoms with van der Waals surface area (Å²) in [7, 11) is 0. The zero-order valence-corrected chi connectivity index (χ0v) is 6.95. The zero-order valence-electron chi connectivity index (χ0n) is 6.95. The van der Waals surface area contributed by atoms with E-state index in [0.717, 1.165) is 0 Å². The second-order valence-corrected chi connectivity index (χ2v) is 2.36. The molecule has 5 heteroatoms. The van der Waals surface area contributed by atoms with Gasteiger partial charge >= 0.3 is 5.97 Å². The molecule has 0 N–H and O–H groups in total. The van der Waals surface area contributed by atoms with E-state index >= 15 is 0 Å². The minimum absolute atomic E-state index is 0.154. The first-order chi connectivity index (χ1) is 5.65. The highest BCUT2D eigenvalue weighted by atomic mass is 19.1. The lowest BCUT2D eigenvalue weighted by atomic mass is 10.3. The van der Waals surface area contributed by atoms with E-state index in [1.165, 1.54) is 0 Å². The number of carbonyl (C=O) groups excluding carboxylic acids is 1. The van der Waals surface area contributed by atoms with Crippen molar-refractivity contribution in [2.75, 3.05) is 6.61 Å². The second-order valence-electron chi connectivity index (χ2n) is 2.36. The summed E-state index contributed by atoms with van der Waals surface area (Å²) in [5.74, 6) is -0.936. The SMILES string of the molecule is CCOC(=O)C(F)C1OC(C)O1. The van der Waals surface area contributed by atoms with Gasteiger partial charge in [-0.3, -0.25) is 0 Å². The van der Waals surface area contributed by atoms with Crippen LogP contribution < -0.4 is 0 Å². The van der Waals surface area contributed by atoms with E-state index in [4.69, 9.17) is 9.47 Å². The molecular weight excluding hydrogens is 167 g/mol. The van der Waals surface area contributed by atoms with E-state index in [1.807, 2.05) is 0 Å². The number of alkyl halides is 1. The van der Waals surface area contributed by atoms with Gasteiger partial charge in [-0.2, -0.15) is 0 Å². The fourth-order valence-corrected chi connectivity index (χ4v) is 0.859. The minimum atomic E-state index is -1.83. The Kier molecular flexibility index (Phi) is 2.99. The number of hydrogen-bond acceptors (Lipinski definition) is 4. The van der Waals surface area contributed by atoms with Gasteiger partial charge in [-0.25, -0.2) is 9.18 Å². The average molecular weight is 178 g/mol. The van der Waals surface area contributed by atoms with E-state index in [9.17, 15) is 9.18 Å². The van der Waals surface area contributed by atoms with Crippen LogP contribution in [0.15, 0.2) is 0 Å². The fraction of sp³-hybridized carbons (Fsp3) is 0.857. The number of rotatable bonds is 3. The molecule has 0 bridgehead atoms. The van der Waals surface area contributed by atoms with Crippen molar-refractivity contribution < 1.29 is 23.4 Å². The molecule has 0 spiro atoms. The Bertz CT molecular complexity index is 167. The molecule has 4 nitrogen and oxygen atoms in total.